The number of esters is 1. The van der Waals surface area contributed by atoms with E-state index in [2.05, 4.69) is 59.4 Å². The Morgan fingerprint density at radius 2 is 1.62 bits per heavy atom. The van der Waals surface area contributed by atoms with Crippen molar-refractivity contribution in [2.75, 3.05) is 27.2 Å². The van der Waals surface area contributed by atoms with E-state index in [1.807, 2.05) is 14.1 Å². The third-order valence-electron chi connectivity index (χ3n) is 13.8. The fraction of sp³-hybridized carbons (Fsp3) is 0.912. The first kappa shape index (κ1) is 31.4. The van der Waals surface area contributed by atoms with E-state index in [0.717, 1.165) is 57.9 Å². The van der Waals surface area contributed by atoms with Gasteiger partial charge in [0.05, 0.1) is 11.5 Å². The molecule has 5 rings (SSSR count). The van der Waals surface area contributed by atoms with Crippen molar-refractivity contribution in [2.45, 2.75) is 119 Å². The summed E-state index contributed by atoms with van der Waals surface area (Å²) in [5, 5.41) is 11.0. The average molecular weight is 564 g/mol. The van der Waals surface area contributed by atoms with Gasteiger partial charge in [-0.2, -0.15) is 0 Å². The number of carbonyl (C=O) groups excluding carboxylic acids is 1. The largest absolute Gasteiger partial charge is 0.464 e. The lowest BCUT2D eigenvalue weighted by molar-refractivity contribution is -0.206. The minimum absolute atomic E-state index is 0. The lowest BCUT2D eigenvalue weighted by Crippen LogP contribution is -2.65. The van der Waals surface area contributed by atoms with Gasteiger partial charge >= 0.3 is 5.97 Å². The molecule has 0 amide bonds. The molecule has 0 radical (unpaired) electrons. The quantitative estimate of drug-likeness (QED) is 0.281. The summed E-state index contributed by atoms with van der Waals surface area (Å²) in [7, 11) is 4.08. The van der Waals surface area contributed by atoms with Crippen molar-refractivity contribution in [3.8, 4) is 0 Å². The number of rotatable bonds is 4. The second-order valence-electron chi connectivity index (χ2n) is 16.7. The Hall–Kier alpha value is -0.580. The topological polar surface area (TPSA) is 49.8 Å². The van der Waals surface area contributed by atoms with E-state index in [1.165, 1.54) is 12.8 Å². The van der Waals surface area contributed by atoms with Crippen molar-refractivity contribution in [3.63, 3.8) is 0 Å². The standard InChI is InChI=1S/C34H57NO3.ClH/c1-29(2)16-18-34(28(37)38-21-20-35(8)9)19-17-32(6)23(24(34)22-29)10-11-26-31(5)14-13-27(36)30(3,4)25(31)12-15-33(26,32)7;/h10,24-27,36H,11-22H2,1-9H3;1H/t24-,25-,26+,27-,31-,32+,33+,34-;/m0./s1. The van der Waals surface area contributed by atoms with E-state index in [9.17, 15) is 9.90 Å². The smallest absolute Gasteiger partial charge is 0.312 e. The summed E-state index contributed by atoms with van der Waals surface area (Å²) in [4.78, 5) is 16.0. The van der Waals surface area contributed by atoms with Gasteiger partial charge in [0.1, 0.15) is 6.61 Å². The van der Waals surface area contributed by atoms with E-state index < -0.39 is 0 Å². The van der Waals surface area contributed by atoms with Crippen LogP contribution in [0.5, 0.6) is 0 Å². The van der Waals surface area contributed by atoms with Gasteiger partial charge in [-0.1, -0.05) is 60.1 Å². The molecule has 5 aliphatic rings. The van der Waals surface area contributed by atoms with Gasteiger partial charge < -0.3 is 14.7 Å². The minimum Gasteiger partial charge on any atom is -0.464 e. The highest BCUT2D eigenvalue weighted by molar-refractivity contribution is 5.85. The summed E-state index contributed by atoms with van der Waals surface area (Å²) in [6.07, 6.45) is 13.3. The minimum atomic E-state index is -0.353. The number of likely N-dealkylation sites (N-methyl/N-ethyl adjacent to an activating group) is 1. The molecular formula is C34H58ClNO3. The van der Waals surface area contributed by atoms with Crippen molar-refractivity contribution in [2.24, 2.45) is 50.2 Å². The van der Waals surface area contributed by atoms with Gasteiger partial charge in [0, 0.05) is 6.54 Å². The number of fused-ring (bicyclic) bond motifs is 7. The number of hydrogen-bond acceptors (Lipinski definition) is 4. The summed E-state index contributed by atoms with van der Waals surface area (Å²) >= 11 is 0. The van der Waals surface area contributed by atoms with Crippen LogP contribution in [0.3, 0.4) is 0 Å². The van der Waals surface area contributed by atoms with Crippen LogP contribution in [0.4, 0.5) is 0 Å². The maximum absolute atomic E-state index is 13.9. The molecule has 1 N–H and O–H groups in total. The monoisotopic (exact) mass is 563 g/mol. The van der Waals surface area contributed by atoms with E-state index >= 15 is 0 Å². The number of aliphatic hydroxyl groups is 1. The summed E-state index contributed by atoms with van der Waals surface area (Å²) in [6, 6.07) is 0. The van der Waals surface area contributed by atoms with Crippen LogP contribution in [0.2, 0.25) is 0 Å². The van der Waals surface area contributed by atoms with Gasteiger partial charge in [0.15, 0.2) is 0 Å². The van der Waals surface area contributed by atoms with Crippen LogP contribution in [0.15, 0.2) is 11.6 Å². The van der Waals surface area contributed by atoms with E-state index in [-0.39, 0.29) is 57.0 Å². The van der Waals surface area contributed by atoms with Crippen molar-refractivity contribution in [1.82, 2.24) is 4.90 Å². The highest BCUT2D eigenvalue weighted by Gasteiger charge is 2.69. The molecule has 0 spiro atoms. The van der Waals surface area contributed by atoms with Gasteiger partial charge in [-0.3, -0.25) is 4.79 Å². The second kappa shape index (κ2) is 10.0. The number of allylic oxidation sites excluding steroid dienone is 2. The van der Waals surface area contributed by atoms with E-state index in [1.54, 1.807) is 5.57 Å². The maximum Gasteiger partial charge on any atom is 0.312 e. The van der Waals surface area contributed by atoms with Crippen LogP contribution in [0, 0.1) is 50.2 Å². The van der Waals surface area contributed by atoms with Gasteiger partial charge in [-0.15, -0.1) is 12.4 Å². The van der Waals surface area contributed by atoms with Crippen LogP contribution >= 0.6 is 12.4 Å². The molecular weight excluding hydrogens is 506 g/mol. The number of halogens is 1. The zero-order chi connectivity index (χ0) is 27.9. The van der Waals surface area contributed by atoms with Crippen LogP contribution in [0.25, 0.3) is 0 Å². The molecule has 0 bridgehead atoms. The lowest BCUT2D eigenvalue weighted by Gasteiger charge is -2.71. The Balaban J connectivity index is 0.00000353. The predicted molar refractivity (Wildman–Crippen MR) is 162 cm³/mol. The first-order valence-electron chi connectivity index (χ1n) is 15.7. The molecule has 0 saturated heterocycles. The van der Waals surface area contributed by atoms with Crippen LogP contribution in [0.1, 0.15) is 113 Å². The number of ether oxygens (including phenoxy) is 1. The Kier molecular flexibility index (Phi) is 8.05. The fourth-order valence-corrected chi connectivity index (χ4v) is 11.1. The molecule has 0 heterocycles. The molecule has 0 aromatic heterocycles. The predicted octanol–water partition coefficient (Wildman–Crippen LogP) is 7.68. The molecule has 5 aliphatic carbocycles. The third-order valence-corrected chi connectivity index (χ3v) is 13.8. The van der Waals surface area contributed by atoms with Crippen LogP contribution < -0.4 is 0 Å². The van der Waals surface area contributed by atoms with Crippen LogP contribution in [-0.2, 0) is 9.53 Å². The maximum atomic E-state index is 13.9. The van der Waals surface area contributed by atoms with Crippen molar-refractivity contribution < 1.29 is 14.6 Å². The molecule has 39 heavy (non-hydrogen) atoms. The zero-order valence-corrected chi connectivity index (χ0v) is 27.3. The third kappa shape index (κ3) is 4.48. The Labute approximate surface area is 245 Å². The number of carbonyl (C=O) groups is 1. The molecule has 8 atom stereocenters. The summed E-state index contributed by atoms with van der Waals surface area (Å²) in [6.45, 7) is 18.5. The van der Waals surface area contributed by atoms with Crippen LogP contribution in [-0.4, -0.2) is 49.3 Å². The SMILES string of the molecule is CN(C)CCOC(=O)[C@]12CCC(C)(C)C[C@H]1C1=CC[C@@H]3[C@@]4(C)CC[C@H](O)C(C)(C)[C@@H]4CC[C@@]3(C)[C@]1(C)CC2.Cl. The normalized spacial score (nSPS) is 46.0. The molecule has 0 aliphatic heterocycles. The Morgan fingerprint density at radius 3 is 2.28 bits per heavy atom. The molecule has 5 heteroatoms. The number of nitrogens with zero attached hydrogens (tertiary/aromatic N) is 1. The molecule has 4 saturated carbocycles. The summed E-state index contributed by atoms with van der Waals surface area (Å²) in [5.41, 5.74) is 2.09. The molecule has 4 fully saturated rings. The van der Waals surface area contributed by atoms with Gasteiger partial charge in [0.25, 0.3) is 0 Å². The van der Waals surface area contributed by atoms with Gasteiger partial charge in [-0.05, 0) is 123 Å². The molecule has 224 valence electrons. The Morgan fingerprint density at radius 1 is 0.949 bits per heavy atom. The highest BCUT2D eigenvalue weighted by Crippen LogP contribution is 2.75. The fourth-order valence-electron chi connectivity index (χ4n) is 11.1. The molecule has 0 aromatic carbocycles. The van der Waals surface area contributed by atoms with Crippen molar-refractivity contribution in [3.05, 3.63) is 11.6 Å². The molecule has 0 aromatic rings. The van der Waals surface area contributed by atoms with Crippen molar-refractivity contribution >= 4 is 18.4 Å². The van der Waals surface area contributed by atoms with Gasteiger partial charge in [-0.25, -0.2) is 0 Å². The summed E-state index contributed by atoms with van der Waals surface area (Å²) < 4.78 is 6.05. The first-order chi connectivity index (χ1) is 17.5. The van der Waals surface area contributed by atoms with Crippen molar-refractivity contribution in [1.29, 1.82) is 0 Å². The Bertz CT molecular complexity index is 989. The van der Waals surface area contributed by atoms with E-state index in [4.69, 9.17) is 4.74 Å². The average Bonchev–Trinajstić information content (AvgIpc) is 2.81. The number of aliphatic hydroxyl groups excluding tert-OH is 1. The number of hydrogen-bond donors (Lipinski definition) is 1. The van der Waals surface area contributed by atoms with E-state index in [0.29, 0.717) is 24.4 Å². The lowest BCUT2D eigenvalue weighted by atomic mass is 9.33. The summed E-state index contributed by atoms with van der Waals surface area (Å²) in [5.74, 6) is 1.57. The molecule has 0 unspecified atom stereocenters. The second-order valence-corrected chi connectivity index (χ2v) is 16.7. The zero-order valence-electron chi connectivity index (χ0n) is 26.5. The van der Waals surface area contributed by atoms with Gasteiger partial charge in [0.2, 0.25) is 0 Å². The highest BCUT2D eigenvalue weighted by atomic mass is 35.5. The molecule has 4 nitrogen and oxygen atoms in total. The first-order valence-corrected chi connectivity index (χ1v) is 15.7.